The Kier molecular flexibility index (Phi) is 13.5. The van der Waals surface area contributed by atoms with Crippen LogP contribution in [0.5, 0.6) is 0 Å². The maximum absolute atomic E-state index is 5.82. The third-order valence-electron chi connectivity index (χ3n) is 5.22. The maximum atomic E-state index is 5.82. The first-order chi connectivity index (χ1) is 13.6. The highest BCUT2D eigenvalue weighted by Gasteiger charge is 2.15. The van der Waals surface area contributed by atoms with Crippen molar-refractivity contribution < 1.29 is 9.47 Å². The van der Waals surface area contributed by atoms with Crippen LogP contribution in [-0.2, 0) is 9.47 Å². The Balaban J connectivity index is 0.00000420. The molecule has 0 spiro atoms. The van der Waals surface area contributed by atoms with Crippen molar-refractivity contribution in [2.75, 3.05) is 60.7 Å². The molecular weight excluding hydrogens is 479 g/mol. The number of nitrogens with zero attached hydrogens (tertiary/aromatic N) is 2. The van der Waals surface area contributed by atoms with Crippen molar-refractivity contribution in [1.29, 1.82) is 0 Å². The Labute approximate surface area is 193 Å². The highest BCUT2D eigenvalue weighted by molar-refractivity contribution is 14.0. The molecule has 166 valence electrons. The van der Waals surface area contributed by atoms with Crippen molar-refractivity contribution in [2.24, 2.45) is 10.9 Å². The molecule has 0 radical (unpaired) electrons. The lowest BCUT2D eigenvalue weighted by atomic mass is 10.0. The number of hydrogen-bond donors (Lipinski definition) is 2. The van der Waals surface area contributed by atoms with Crippen molar-refractivity contribution in [3.8, 4) is 0 Å². The zero-order chi connectivity index (χ0) is 20.2. The summed E-state index contributed by atoms with van der Waals surface area (Å²) in [5.41, 5.74) is 2.59. The van der Waals surface area contributed by atoms with Gasteiger partial charge in [0.15, 0.2) is 5.96 Å². The molecule has 1 aromatic carbocycles. The van der Waals surface area contributed by atoms with E-state index < -0.39 is 0 Å². The second kappa shape index (κ2) is 15.0. The Morgan fingerprint density at radius 2 is 1.90 bits per heavy atom. The lowest BCUT2D eigenvalue weighted by Crippen LogP contribution is -2.42. The van der Waals surface area contributed by atoms with E-state index in [1.807, 2.05) is 7.05 Å². The lowest BCUT2D eigenvalue weighted by Gasteiger charge is -2.26. The molecule has 2 N–H and O–H groups in total. The van der Waals surface area contributed by atoms with E-state index in [4.69, 9.17) is 9.47 Å². The highest BCUT2D eigenvalue weighted by atomic mass is 127. The molecule has 0 aromatic heterocycles. The van der Waals surface area contributed by atoms with Gasteiger partial charge in [0.1, 0.15) is 0 Å². The predicted molar refractivity (Wildman–Crippen MR) is 131 cm³/mol. The minimum Gasteiger partial charge on any atom is -0.381 e. The number of likely N-dealkylation sites (N-methyl/N-ethyl adjacent to an activating group) is 1. The summed E-state index contributed by atoms with van der Waals surface area (Å²) >= 11 is 0. The zero-order valence-electron chi connectivity index (χ0n) is 18.4. The fourth-order valence-corrected chi connectivity index (χ4v) is 3.35. The molecule has 29 heavy (non-hydrogen) atoms. The van der Waals surface area contributed by atoms with Crippen LogP contribution in [0, 0.1) is 12.8 Å². The van der Waals surface area contributed by atoms with Crippen molar-refractivity contribution in [3.05, 3.63) is 35.4 Å². The molecule has 0 bridgehead atoms. The second-order valence-corrected chi connectivity index (χ2v) is 7.75. The molecule has 1 aromatic rings. The summed E-state index contributed by atoms with van der Waals surface area (Å²) in [6.07, 6.45) is 3.23. The van der Waals surface area contributed by atoms with E-state index in [0.29, 0.717) is 12.0 Å². The van der Waals surface area contributed by atoms with Gasteiger partial charge in [-0.2, -0.15) is 0 Å². The van der Waals surface area contributed by atoms with Crippen molar-refractivity contribution in [1.82, 2.24) is 15.5 Å². The van der Waals surface area contributed by atoms with E-state index in [2.05, 4.69) is 65.8 Å². The molecule has 1 fully saturated rings. The van der Waals surface area contributed by atoms with Crippen molar-refractivity contribution in [3.63, 3.8) is 0 Å². The fraction of sp³-hybridized carbons (Fsp3) is 0.682. The van der Waals surface area contributed by atoms with Gasteiger partial charge in [-0.15, -0.1) is 24.0 Å². The molecule has 1 heterocycles. The molecule has 1 unspecified atom stereocenters. The van der Waals surface area contributed by atoms with Gasteiger partial charge in [-0.3, -0.25) is 4.99 Å². The molecule has 1 aliphatic heterocycles. The number of rotatable bonds is 10. The summed E-state index contributed by atoms with van der Waals surface area (Å²) < 4.78 is 11.2. The van der Waals surface area contributed by atoms with Gasteiger partial charge in [0.2, 0.25) is 0 Å². The van der Waals surface area contributed by atoms with E-state index in [0.717, 1.165) is 64.7 Å². The number of halogens is 1. The van der Waals surface area contributed by atoms with Gasteiger partial charge in [0.05, 0.1) is 6.04 Å². The number of aliphatic imine (C=N–C) groups is 1. The van der Waals surface area contributed by atoms with Gasteiger partial charge in [0.25, 0.3) is 0 Å². The standard InChI is InChI=1S/C22H38N4O2.HI/c1-18-6-8-20(9-7-18)21(26(3)4)16-25-22(23-2)24-12-5-13-28-17-19-10-14-27-15-11-19;/h6-9,19,21H,5,10-17H2,1-4H3,(H2,23,24,25);1H. The van der Waals surface area contributed by atoms with E-state index in [1.165, 1.54) is 11.1 Å². The largest absolute Gasteiger partial charge is 0.381 e. The van der Waals surface area contributed by atoms with E-state index in [1.54, 1.807) is 0 Å². The van der Waals surface area contributed by atoms with Crippen LogP contribution in [-0.4, -0.2) is 71.5 Å². The summed E-state index contributed by atoms with van der Waals surface area (Å²) in [5.74, 6) is 1.50. The summed E-state index contributed by atoms with van der Waals surface area (Å²) in [7, 11) is 6.03. The van der Waals surface area contributed by atoms with Crippen LogP contribution in [0.3, 0.4) is 0 Å². The minimum absolute atomic E-state index is 0. The van der Waals surface area contributed by atoms with Crippen LogP contribution in [0.2, 0.25) is 0 Å². The van der Waals surface area contributed by atoms with Crippen molar-refractivity contribution >= 4 is 29.9 Å². The quantitative estimate of drug-likeness (QED) is 0.216. The van der Waals surface area contributed by atoms with Gasteiger partial charge in [-0.25, -0.2) is 0 Å². The Morgan fingerprint density at radius 3 is 2.52 bits per heavy atom. The number of aryl methyl sites for hydroxylation is 1. The third-order valence-corrected chi connectivity index (χ3v) is 5.22. The Bertz CT molecular complexity index is 575. The van der Waals surface area contributed by atoms with Gasteiger partial charge < -0.3 is 25.0 Å². The molecule has 1 atom stereocenters. The van der Waals surface area contributed by atoms with Crippen LogP contribution in [0.25, 0.3) is 0 Å². The Morgan fingerprint density at radius 1 is 1.21 bits per heavy atom. The number of ether oxygens (including phenoxy) is 2. The van der Waals surface area contributed by atoms with E-state index in [9.17, 15) is 0 Å². The normalized spacial score (nSPS) is 16.4. The van der Waals surface area contributed by atoms with E-state index >= 15 is 0 Å². The summed E-state index contributed by atoms with van der Waals surface area (Å²) in [6, 6.07) is 9.03. The fourth-order valence-electron chi connectivity index (χ4n) is 3.35. The topological polar surface area (TPSA) is 58.1 Å². The average molecular weight is 518 g/mol. The maximum Gasteiger partial charge on any atom is 0.191 e. The second-order valence-electron chi connectivity index (χ2n) is 7.75. The van der Waals surface area contributed by atoms with Crippen LogP contribution >= 0.6 is 24.0 Å². The van der Waals surface area contributed by atoms with E-state index in [-0.39, 0.29) is 24.0 Å². The van der Waals surface area contributed by atoms with Crippen LogP contribution in [0.15, 0.2) is 29.3 Å². The smallest absolute Gasteiger partial charge is 0.191 e. The van der Waals surface area contributed by atoms with Crippen LogP contribution < -0.4 is 10.6 Å². The van der Waals surface area contributed by atoms with Gasteiger partial charge in [-0.1, -0.05) is 29.8 Å². The zero-order valence-corrected chi connectivity index (χ0v) is 20.8. The Hall–Kier alpha value is -0.900. The number of benzene rings is 1. The molecule has 7 heteroatoms. The van der Waals surface area contributed by atoms with Crippen LogP contribution in [0.4, 0.5) is 0 Å². The van der Waals surface area contributed by atoms with Gasteiger partial charge in [-0.05, 0) is 51.8 Å². The molecule has 0 amide bonds. The van der Waals surface area contributed by atoms with Crippen molar-refractivity contribution in [2.45, 2.75) is 32.2 Å². The molecule has 0 aliphatic carbocycles. The SMILES string of the molecule is CN=C(NCCCOCC1CCOCC1)NCC(c1ccc(C)cc1)N(C)C.I. The average Bonchev–Trinajstić information content (AvgIpc) is 2.71. The van der Waals surface area contributed by atoms with Gasteiger partial charge in [0, 0.05) is 46.6 Å². The number of nitrogens with one attached hydrogen (secondary N) is 2. The summed E-state index contributed by atoms with van der Waals surface area (Å²) in [6.45, 7) is 7.18. The first kappa shape index (κ1) is 26.1. The molecule has 2 rings (SSSR count). The number of guanidine groups is 1. The summed E-state index contributed by atoms with van der Waals surface area (Å²) in [5, 5.41) is 6.83. The molecule has 1 aliphatic rings. The highest BCUT2D eigenvalue weighted by Crippen LogP contribution is 2.18. The van der Waals surface area contributed by atoms with Crippen LogP contribution in [0.1, 0.15) is 36.4 Å². The first-order valence-electron chi connectivity index (χ1n) is 10.4. The monoisotopic (exact) mass is 518 g/mol. The number of hydrogen-bond acceptors (Lipinski definition) is 4. The lowest BCUT2D eigenvalue weighted by molar-refractivity contribution is 0.0203. The summed E-state index contributed by atoms with van der Waals surface area (Å²) in [4.78, 5) is 6.57. The first-order valence-corrected chi connectivity index (χ1v) is 10.4. The molecule has 0 saturated carbocycles. The minimum atomic E-state index is 0. The predicted octanol–water partition coefficient (Wildman–Crippen LogP) is 3.21. The third kappa shape index (κ3) is 10.1. The molecule has 1 saturated heterocycles. The molecule has 6 nitrogen and oxygen atoms in total. The van der Waals surface area contributed by atoms with Gasteiger partial charge >= 0.3 is 0 Å². The molecular formula is C22H39IN4O2.